The lowest BCUT2D eigenvalue weighted by molar-refractivity contribution is 0.0407. The number of hydrogen-bond donors (Lipinski definition) is 0. The molecule has 2 rings (SSSR count). The molecule has 0 saturated heterocycles. The van der Waals surface area contributed by atoms with Crippen molar-refractivity contribution in [2.24, 2.45) is 0 Å². The van der Waals surface area contributed by atoms with Crippen LogP contribution < -0.4 is 0 Å². The fourth-order valence-electron chi connectivity index (χ4n) is 2.16. The summed E-state index contributed by atoms with van der Waals surface area (Å²) < 4.78 is 5.60. The molecule has 0 aliphatic carbocycles. The van der Waals surface area contributed by atoms with Gasteiger partial charge in [0.1, 0.15) is 0 Å². The molecule has 0 fully saturated rings. The number of carbonyl (C=O) groups is 1. The van der Waals surface area contributed by atoms with Gasteiger partial charge in [0.25, 0.3) is 0 Å². The normalized spacial score (nSPS) is 11.5. The summed E-state index contributed by atoms with van der Waals surface area (Å²) in [5.41, 5.74) is 1.28. The second-order valence-corrected chi connectivity index (χ2v) is 5.22. The lowest BCUT2D eigenvalue weighted by Gasteiger charge is -2.15. The maximum absolute atomic E-state index is 12.3. The van der Waals surface area contributed by atoms with E-state index in [1.165, 1.54) is 6.20 Å². The zero-order valence-electron chi connectivity index (χ0n) is 14.1. The molecule has 4 heteroatoms. The molecule has 124 valence electrons. The molecule has 4 nitrogen and oxygen atoms in total. The maximum Gasteiger partial charge on any atom is 0.341 e. The molecule has 0 aliphatic heterocycles. The molecule has 1 aromatic heterocycles. The van der Waals surface area contributed by atoms with E-state index >= 15 is 0 Å². The number of hydrogen-bond acceptors (Lipinski definition) is 4. The van der Waals surface area contributed by atoms with Crippen LogP contribution in [0.1, 0.15) is 35.9 Å². The quantitative estimate of drug-likeness (QED) is 0.604. The van der Waals surface area contributed by atoms with Crippen LogP contribution in [0.3, 0.4) is 0 Å². The lowest BCUT2D eigenvalue weighted by atomic mass is 10.1. The molecule has 1 aromatic carbocycles. The minimum absolute atomic E-state index is 0.420. The summed E-state index contributed by atoms with van der Waals surface area (Å²) in [6, 6.07) is 13.0. The van der Waals surface area contributed by atoms with Crippen LogP contribution in [0.15, 0.2) is 54.9 Å². The summed E-state index contributed by atoms with van der Waals surface area (Å²) in [5.74, 6) is 5.78. The second-order valence-electron chi connectivity index (χ2n) is 5.22. The summed E-state index contributed by atoms with van der Waals surface area (Å²) in [6.45, 7) is 6.73. The summed E-state index contributed by atoms with van der Waals surface area (Å²) in [4.78, 5) is 18.5. The smallest absolute Gasteiger partial charge is 0.341 e. The van der Waals surface area contributed by atoms with Gasteiger partial charge in [-0.1, -0.05) is 56.0 Å². The predicted octanol–water partition coefficient (Wildman–Crippen LogP) is 3.32. The molecule has 2 aromatic rings. The average molecular weight is 322 g/mol. The molecule has 0 aliphatic rings. The molecule has 1 heterocycles. The first-order valence-electron chi connectivity index (χ1n) is 8.11. The average Bonchev–Trinajstić information content (AvgIpc) is 2.65. The Labute approximate surface area is 143 Å². The molecule has 0 bridgehead atoms. The van der Waals surface area contributed by atoms with Gasteiger partial charge in [-0.05, 0) is 25.2 Å². The van der Waals surface area contributed by atoms with Gasteiger partial charge in [0.05, 0.1) is 12.1 Å². The number of benzene rings is 1. The van der Waals surface area contributed by atoms with Crippen LogP contribution in [0.5, 0.6) is 0 Å². The fourth-order valence-corrected chi connectivity index (χ4v) is 2.16. The Morgan fingerprint density at radius 1 is 1.17 bits per heavy atom. The number of nitrogens with zero attached hydrogens (tertiary/aromatic N) is 2. The third-order valence-electron chi connectivity index (χ3n) is 3.65. The maximum atomic E-state index is 12.3. The van der Waals surface area contributed by atoms with Crippen molar-refractivity contribution in [3.8, 4) is 11.8 Å². The largest absolute Gasteiger partial charge is 0.441 e. The summed E-state index contributed by atoms with van der Waals surface area (Å²) >= 11 is 0. The van der Waals surface area contributed by atoms with Crippen molar-refractivity contribution in [2.45, 2.75) is 20.0 Å². The second kappa shape index (κ2) is 9.49. The van der Waals surface area contributed by atoms with Crippen LogP contribution in [0.25, 0.3) is 0 Å². The van der Waals surface area contributed by atoms with E-state index in [4.69, 9.17) is 4.74 Å². The van der Waals surface area contributed by atoms with E-state index in [9.17, 15) is 4.79 Å². The van der Waals surface area contributed by atoms with Crippen molar-refractivity contribution in [2.75, 3.05) is 19.6 Å². The Bertz CT molecular complexity index is 686. The minimum atomic E-state index is -0.588. The summed E-state index contributed by atoms with van der Waals surface area (Å²) in [6.07, 6.45) is 2.53. The first-order valence-corrected chi connectivity index (χ1v) is 8.11. The third-order valence-corrected chi connectivity index (χ3v) is 3.65. The highest BCUT2D eigenvalue weighted by atomic mass is 16.5. The minimum Gasteiger partial charge on any atom is -0.441 e. The summed E-state index contributed by atoms with van der Waals surface area (Å²) in [5, 5.41) is 0. The molecular formula is C20H22N2O2. The molecule has 0 radical (unpaired) electrons. The molecular weight excluding hydrogens is 300 g/mol. The van der Waals surface area contributed by atoms with Crippen LogP contribution in [0, 0.1) is 11.8 Å². The van der Waals surface area contributed by atoms with Crippen molar-refractivity contribution in [1.82, 2.24) is 9.88 Å². The van der Waals surface area contributed by atoms with Crippen LogP contribution in [-0.4, -0.2) is 35.5 Å². The monoisotopic (exact) mass is 322 g/mol. The zero-order valence-corrected chi connectivity index (χ0v) is 14.1. The van der Waals surface area contributed by atoms with Crippen LogP contribution in [-0.2, 0) is 4.74 Å². The Morgan fingerprint density at radius 2 is 1.92 bits per heavy atom. The zero-order chi connectivity index (χ0) is 17.2. The Morgan fingerprint density at radius 3 is 2.54 bits per heavy atom. The lowest BCUT2D eigenvalue weighted by Crippen LogP contribution is -2.23. The molecule has 1 unspecified atom stereocenters. The van der Waals surface area contributed by atoms with Gasteiger partial charge in [-0.15, -0.1) is 0 Å². The number of pyridine rings is 1. The van der Waals surface area contributed by atoms with Crippen molar-refractivity contribution >= 4 is 5.97 Å². The van der Waals surface area contributed by atoms with E-state index in [2.05, 4.69) is 35.6 Å². The van der Waals surface area contributed by atoms with Crippen molar-refractivity contribution in [3.05, 3.63) is 66.0 Å². The highest BCUT2D eigenvalue weighted by Gasteiger charge is 2.15. The van der Waals surface area contributed by atoms with E-state index in [0.717, 1.165) is 18.7 Å². The SMILES string of the molecule is CCN(CC)CC#CC(OC(=O)c1cccnc1)c1ccccc1. The van der Waals surface area contributed by atoms with Gasteiger partial charge in [0.2, 0.25) is 0 Å². The number of esters is 1. The summed E-state index contributed by atoms with van der Waals surface area (Å²) in [7, 11) is 0. The highest BCUT2D eigenvalue weighted by molar-refractivity contribution is 5.89. The van der Waals surface area contributed by atoms with Crippen LogP contribution in [0.4, 0.5) is 0 Å². The third kappa shape index (κ3) is 5.22. The van der Waals surface area contributed by atoms with Gasteiger partial charge >= 0.3 is 5.97 Å². The topological polar surface area (TPSA) is 42.4 Å². The van der Waals surface area contributed by atoms with Gasteiger partial charge in [0.15, 0.2) is 6.10 Å². The van der Waals surface area contributed by atoms with E-state index < -0.39 is 12.1 Å². The van der Waals surface area contributed by atoms with Crippen molar-refractivity contribution < 1.29 is 9.53 Å². The van der Waals surface area contributed by atoms with E-state index in [-0.39, 0.29) is 0 Å². The molecule has 0 N–H and O–H groups in total. The Kier molecular flexibility index (Phi) is 7.00. The predicted molar refractivity (Wildman–Crippen MR) is 94.4 cm³/mol. The van der Waals surface area contributed by atoms with Gasteiger partial charge < -0.3 is 4.74 Å². The molecule has 0 spiro atoms. The van der Waals surface area contributed by atoms with Gasteiger partial charge in [0, 0.05) is 18.0 Å². The number of carbonyl (C=O) groups excluding carboxylic acids is 1. The molecule has 0 saturated carbocycles. The van der Waals surface area contributed by atoms with Crippen LogP contribution >= 0.6 is 0 Å². The van der Waals surface area contributed by atoms with Gasteiger partial charge in [-0.25, -0.2) is 4.79 Å². The molecule has 0 amide bonds. The Balaban J connectivity index is 2.15. The first kappa shape index (κ1) is 17.7. The van der Waals surface area contributed by atoms with E-state index in [1.54, 1.807) is 18.3 Å². The van der Waals surface area contributed by atoms with Crippen LogP contribution in [0.2, 0.25) is 0 Å². The number of ether oxygens (including phenoxy) is 1. The number of rotatable bonds is 6. The van der Waals surface area contributed by atoms with Gasteiger partial charge in [-0.2, -0.15) is 0 Å². The van der Waals surface area contributed by atoms with Gasteiger partial charge in [-0.3, -0.25) is 9.88 Å². The Hall–Kier alpha value is -2.64. The van der Waals surface area contributed by atoms with E-state index in [1.807, 2.05) is 30.3 Å². The molecule has 24 heavy (non-hydrogen) atoms. The molecule has 1 atom stereocenters. The van der Waals surface area contributed by atoms with E-state index in [0.29, 0.717) is 12.1 Å². The number of aromatic nitrogens is 1. The highest BCUT2D eigenvalue weighted by Crippen LogP contribution is 2.18. The standard InChI is InChI=1S/C20H22N2O2/c1-3-22(4-2)15-9-13-19(17-10-6-5-7-11-17)24-20(23)18-12-8-14-21-16-18/h5-8,10-12,14,16,19H,3-4,15H2,1-2H3. The van der Waals surface area contributed by atoms with Crippen molar-refractivity contribution in [1.29, 1.82) is 0 Å². The van der Waals surface area contributed by atoms with Crippen molar-refractivity contribution in [3.63, 3.8) is 0 Å². The first-order chi connectivity index (χ1) is 11.7. The fraction of sp³-hybridized carbons (Fsp3) is 0.300.